The van der Waals surface area contributed by atoms with E-state index in [4.69, 9.17) is 9.84 Å². The Bertz CT molecular complexity index is 362. The summed E-state index contributed by atoms with van der Waals surface area (Å²) in [5, 5.41) is 11.4. The number of ether oxygens (including phenoxy) is 1. The SMILES string of the molecule is Cc1ccc(OCCC(=O)NCCCCCO)cc1. The number of aliphatic hydroxyl groups is 1. The Morgan fingerprint density at radius 2 is 1.95 bits per heavy atom. The Morgan fingerprint density at radius 3 is 2.63 bits per heavy atom. The smallest absolute Gasteiger partial charge is 0.223 e. The largest absolute Gasteiger partial charge is 0.493 e. The molecule has 0 aliphatic carbocycles. The Morgan fingerprint density at radius 1 is 1.21 bits per heavy atom. The minimum Gasteiger partial charge on any atom is -0.493 e. The zero-order valence-corrected chi connectivity index (χ0v) is 11.5. The summed E-state index contributed by atoms with van der Waals surface area (Å²) in [6.07, 6.45) is 3.02. The van der Waals surface area contributed by atoms with E-state index >= 15 is 0 Å². The highest BCUT2D eigenvalue weighted by Gasteiger charge is 2.01. The Labute approximate surface area is 114 Å². The molecule has 0 saturated heterocycles. The van der Waals surface area contributed by atoms with Crippen LogP contribution < -0.4 is 10.1 Å². The van der Waals surface area contributed by atoms with Crippen LogP contribution in [0.2, 0.25) is 0 Å². The molecule has 4 nitrogen and oxygen atoms in total. The number of aryl methyl sites for hydroxylation is 1. The lowest BCUT2D eigenvalue weighted by molar-refractivity contribution is -0.121. The van der Waals surface area contributed by atoms with Gasteiger partial charge in [-0.2, -0.15) is 0 Å². The van der Waals surface area contributed by atoms with E-state index in [0.29, 0.717) is 19.6 Å². The quantitative estimate of drug-likeness (QED) is 0.672. The summed E-state index contributed by atoms with van der Waals surface area (Å²) in [6.45, 7) is 3.31. The van der Waals surface area contributed by atoms with E-state index in [1.54, 1.807) is 0 Å². The number of aliphatic hydroxyl groups excluding tert-OH is 1. The highest BCUT2D eigenvalue weighted by atomic mass is 16.5. The lowest BCUT2D eigenvalue weighted by Crippen LogP contribution is -2.25. The third-order valence-corrected chi connectivity index (χ3v) is 2.78. The Kier molecular flexibility index (Phi) is 7.66. The highest BCUT2D eigenvalue weighted by molar-refractivity contribution is 5.75. The number of benzene rings is 1. The van der Waals surface area contributed by atoms with Crippen molar-refractivity contribution < 1.29 is 14.6 Å². The van der Waals surface area contributed by atoms with E-state index in [9.17, 15) is 4.79 Å². The minimum atomic E-state index is 0.0103. The zero-order chi connectivity index (χ0) is 13.9. The van der Waals surface area contributed by atoms with Crippen LogP contribution in [0.5, 0.6) is 5.75 Å². The van der Waals surface area contributed by atoms with Crippen LogP contribution >= 0.6 is 0 Å². The molecule has 0 aliphatic rings. The maximum absolute atomic E-state index is 11.5. The van der Waals surface area contributed by atoms with Crippen LogP contribution in [0, 0.1) is 6.92 Å². The second-order valence-electron chi connectivity index (χ2n) is 4.55. The number of amides is 1. The van der Waals surface area contributed by atoms with E-state index in [2.05, 4.69) is 5.32 Å². The van der Waals surface area contributed by atoms with Crippen molar-refractivity contribution >= 4 is 5.91 Å². The van der Waals surface area contributed by atoms with Gasteiger partial charge < -0.3 is 15.2 Å². The van der Waals surface area contributed by atoms with Crippen LogP contribution in [0.1, 0.15) is 31.2 Å². The molecular weight excluding hydrogens is 242 g/mol. The average Bonchev–Trinajstić information content (AvgIpc) is 2.41. The van der Waals surface area contributed by atoms with Crippen LogP contribution in [-0.4, -0.2) is 30.8 Å². The monoisotopic (exact) mass is 265 g/mol. The van der Waals surface area contributed by atoms with E-state index < -0.39 is 0 Å². The van der Waals surface area contributed by atoms with Crippen LogP contribution in [0.15, 0.2) is 24.3 Å². The van der Waals surface area contributed by atoms with Gasteiger partial charge in [-0.15, -0.1) is 0 Å². The topological polar surface area (TPSA) is 58.6 Å². The van der Waals surface area contributed by atoms with Crippen molar-refractivity contribution in [2.24, 2.45) is 0 Å². The molecule has 4 heteroatoms. The number of carbonyl (C=O) groups excluding carboxylic acids is 1. The van der Waals surface area contributed by atoms with E-state index in [-0.39, 0.29) is 12.5 Å². The van der Waals surface area contributed by atoms with Crippen molar-refractivity contribution in [1.82, 2.24) is 5.32 Å². The number of hydrogen-bond donors (Lipinski definition) is 2. The number of hydrogen-bond acceptors (Lipinski definition) is 3. The number of nitrogens with one attached hydrogen (secondary N) is 1. The van der Waals surface area contributed by atoms with Gasteiger partial charge in [0.15, 0.2) is 0 Å². The van der Waals surface area contributed by atoms with Gasteiger partial charge >= 0.3 is 0 Å². The lowest BCUT2D eigenvalue weighted by atomic mass is 10.2. The molecule has 1 rings (SSSR count). The predicted octanol–water partition coefficient (Wildman–Crippen LogP) is 2.04. The molecule has 0 unspecified atom stereocenters. The maximum Gasteiger partial charge on any atom is 0.223 e. The molecule has 0 aromatic heterocycles. The standard InChI is InChI=1S/C15H23NO3/c1-13-5-7-14(8-6-13)19-12-9-15(18)16-10-3-2-4-11-17/h5-8,17H,2-4,9-12H2,1H3,(H,16,18). The molecule has 0 bridgehead atoms. The van der Waals surface area contributed by atoms with Crippen molar-refractivity contribution in [1.29, 1.82) is 0 Å². The fourth-order valence-corrected chi connectivity index (χ4v) is 1.63. The van der Waals surface area contributed by atoms with Crippen molar-refractivity contribution in [2.45, 2.75) is 32.6 Å². The van der Waals surface area contributed by atoms with Gasteiger partial charge in [-0.05, 0) is 38.3 Å². The number of carbonyl (C=O) groups is 1. The van der Waals surface area contributed by atoms with E-state index in [0.717, 1.165) is 25.0 Å². The van der Waals surface area contributed by atoms with Crippen molar-refractivity contribution in [2.75, 3.05) is 19.8 Å². The first-order valence-corrected chi connectivity index (χ1v) is 6.79. The van der Waals surface area contributed by atoms with Crippen LogP contribution in [0.4, 0.5) is 0 Å². The second-order valence-corrected chi connectivity index (χ2v) is 4.55. The van der Waals surface area contributed by atoms with Gasteiger partial charge in [0, 0.05) is 13.2 Å². The molecule has 0 spiro atoms. The number of unbranched alkanes of at least 4 members (excludes halogenated alkanes) is 2. The molecule has 0 fully saturated rings. The predicted molar refractivity (Wildman–Crippen MR) is 75.2 cm³/mol. The van der Waals surface area contributed by atoms with Gasteiger partial charge in [-0.25, -0.2) is 0 Å². The molecular formula is C15H23NO3. The van der Waals surface area contributed by atoms with Crippen LogP contribution in [-0.2, 0) is 4.79 Å². The first kappa shape index (κ1) is 15.5. The van der Waals surface area contributed by atoms with Gasteiger partial charge in [0.05, 0.1) is 13.0 Å². The molecule has 0 saturated carbocycles. The van der Waals surface area contributed by atoms with Crippen LogP contribution in [0.25, 0.3) is 0 Å². The normalized spacial score (nSPS) is 10.2. The fourth-order valence-electron chi connectivity index (χ4n) is 1.63. The third kappa shape index (κ3) is 7.47. The Hall–Kier alpha value is -1.55. The molecule has 0 heterocycles. The molecule has 19 heavy (non-hydrogen) atoms. The number of rotatable bonds is 9. The molecule has 0 atom stereocenters. The van der Waals surface area contributed by atoms with Crippen molar-refractivity contribution in [3.8, 4) is 5.75 Å². The van der Waals surface area contributed by atoms with Crippen LogP contribution in [0.3, 0.4) is 0 Å². The summed E-state index contributed by atoms with van der Waals surface area (Å²) in [5.41, 5.74) is 1.19. The maximum atomic E-state index is 11.5. The van der Waals surface area contributed by atoms with Crippen molar-refractivity contribution in [3.63, 3.8) is 0 Å². The van der Waals surface area contributed by atoms with Gasteiger partial charge in [0.2, 0.25) is 5.91 Å². The fraction of sp³-hybridized carbons (Fsp3) is 0.533. The summed E-state index contributed by atoms with van der Waals surface area (Å²) in [4.78, 5) is 11.5. The first-order valence-electron chi connectivity index (χ1n) is 6.79. The van der Waals surface area contributed by atoms with E-state index in [1.165, 1.54) is 5.56 Å². The summed E-state index contributed by atoms with van der Waals surface area (Å²) in [5.74, 6) is 0.803. The highest BCUT2D eigenvalue weighted by Crippen LogP contribution is 2.11. The van der Waals surface area contributed by atoms with Gasteiger partial charge in [0.1, 0.15) is 5.75 Å². The summed E-state index contributed by atoms with van der Waals surface area (Å²) in [6, 6.07) is 7.78. The molecule has 1 aromatic carbocycles. The van der Waals surface area contributed by atoms with Gasteiger partial charge in [-0.3, -0.25) is 4.79 Å². The molecule has 0 radical (unpaired) electrons. The Balaban J connectivity index is 2.05. The van der Waals surface area contributed by atoms with Crippen molar-refractivity contribution in [3.05, 3.63) is 29.8 Å². The average molecular weight is 265 g/mol. The zero-order valence-electron chi connectivity index (χ0n) is 11.5. The minimum absolute atomic E-state index is 0.0103. The molecule has 106 valence electrons. The molecule has 1 aromatic rings. The molecule has 1 amide bonds. The molecule has 0 aliphatic heterocycles. The lowest BCUT2D eigenvalue weighted by Gasteiger charge is -2.07. The second kappa shape index (κ2) is 9.39. The van der Waals surface area contributed by atoms with Gasteiger partial charge in [-0.1, -0.05) is 17.7 Å². The van der Waals surface area contributed by atoms with Gasteiger partial charge in [0.25, 0.3) is 0 Å². The summed E-state index contributed by atoms with van der Waals surface area (Å²) < 4.78 is 5.48. The van der Waals surface area contributed by atoms with E-state index in [1.807, 2.05) is 31.2 Å². The molecule has 2 N–H and O–H groups in total. The first-order chi connectivity index (χ1) is 9.22. The third-order valence-electron chi connectivity index (χ3n) is 2.78. The summed E-state index contributed by atoms with van der Waals surface area (Å²) >= 11 is 0. The summed E-state index contributed by atoms with van der Waals surface area (Å²) in [7, 11) is 0.